The maximum Gasteiger partial charge on any atom is 0.420 e. The van der Waals surface area contributed by atoms with Gasteiger partial charge in [0, 0.05) is 19.2 Å². The summed E-state index contributed by atoms with van der Waals surface area (Å²) in [5.41, 5.74) is 5.93. The van der Waals surface area contributed by atoms with Crippen molar-refractivity contribution >= 4 is 5.91 Å². The van der Waals surface area contributed by atoms with Gasteiger partial charge in [0.15, 0.2) is 0 Å². The lowest BCUT2D eigenvalue weighted by atomic mass is 10.1. The summed E-state index contributed by atoms with van der Waals surface area (Å²) < 4.78 is 40.8. The highest BCUT2D eigenvalue weighted by atomic mass is 19.4. The third-order valence-corrected chi connectivity index (χ3v) is 5.90. The van der Waals surface area contributed by atoms with Gasteiger partial charge in [-0.1, -0.05) is 48.0 Å². The molecule has 0 saturated carbocycles. The van der Waals surface area contributed by atoms with Crippen LogP contribution >= 0.6 is 0 Å². The van der Waals surface area contributed by atoms with Crippen LogP contribution in [-0.4, -0.2) is 25.9 Å². The molecule has 0 atom stereocenters. The molecule has 0 unspecified atom stereocenters. The van der Waals surface area contributed by atoms with Gasteiger partial charge in [0.2, 0.25) is 0 Å². The lowest BCUT2D eigenvalue weighted by Crippen LogP contribution is -2.25. The normalized spacial score (nSPS) is 11.6. The van der Waals surface area contributed by atoms with E-state index in [1.54, 1.807) is 0 Å². The Kier molecular flexibility index (Phi) is 6.77. The Balaban J connectivity index is 1.37. The van der Waals surface area contributed by atoms with Crippen molar-refractivity contribution in [2.45, 2.75) is 46.5 Å². The first kappa shape index (κ1) is 24.3. The van der Waals surface area contributed by atoms with Crippen molar-refractivity contribution < 1.29 is 18.0 Å². The highest BCUT2D eigenvalue weighted by Crippen LogP contribution is 2.30. The average molecular weight is 482 g/mol. The van der Waals surface area contributed by atoms with Crippen LogP contribution in [0.4, 0.5) is 13.2 Å². The minimum atomic E-state index is -4.65. The summed E-state index contributed by atoms with van der Waals surface area (Å²) in [6.45, 7) is 7.02. The van der Waals surface area contributed by atoms with Crippen LogP contribution in [0.3, 0.4) is 0 Å². The number of hydrogen-bond acceptors (Lipinski definition) is 3. The van der Waals surface area contributed by atoms with E-state index in [2.05, 4.69) is 47.6 Å². The summed E-state index contributed by atoms with van der Waals surface area (Å²) in [5.74, 6) is -0.858. The van der Waals surface area contributed by atoms with Crippen molar-refractivity contribution in [3.05, 3.63) is 105 Å². The molecule has 0 bridgehead atoms. The van der Waals surface area contributed by atoms with Crippen molar-refractivity contribution in [1.29, 1.82) is 0 Å². The zero-order valence-corrected chi connectivity index (χ0v) is 19.7. The number of H-pyrrole nitrogens is 1. The van der Waals surface area contributed by atoms with E-state index in [9.17, 15) is 18.0 Å². The number of amides is 1. The zero-order valence-electron chi connectivity index (χ0n) is 19.7. The second-order valence-corrected chi connectivity index (χ2v) is 8.72. The van der Waals surface area contributed by atoms with Crippen LogP contribution in [0, 0.1) is 20.8 Å². The van der Waals surface area contributed by atoms with Crippen LogP contribution in [0.5, 0.6) is 0 Å². The highest BCUT2D eigenvalue weighted by molar-refractivity contribution is 5.93. The van der Waals surface area contributed by atoms with Crippen LogP contribution < -0.4 is 5.32 Å². The van der Waals surface area contributed by atoms with Gasteiger partial charge in [-0.05, 0) is 48.6 Å². The molecule has 182 valence electrons. The topological polar surface area (TPSA) is 75.6 Å². The van der Waals surface area contributed by atoms with E-state index in [1.807, 2.05) is 42.1 Å². The number of aromatic nitrogens is 4. The Morgan fingerprint density at radius 2 is 1.74 bits per heavy atom. The molecular weight excluding hydrogens is 455 g/mol. The van der Waals surface area contributed by atoms with Gasteiger partial charge in [0.05, 0.1) is 18.4 Å². The summed E-state index contributed by atoms with van der Waals surface area (Å²) in [5, 5.41) is 12.7. The van der Waals surface area contributed by atoms with Crippen LogP contribution in [0.15, 0.2) is 54.9 Å². The summed E-state index contributed by atoms with van der Waals surface area (Å²) in [4.78, 5) is 12.2. The number of aromatic amines is 1. The molecule has 0 saturated heterocycles. The van der Waals surface area contributed by atoms with E-state index in [4.69, 9.17) is 5.10 Å². The van der Waals surface area contributed by atoms with Gasteiger partial charge in [0.1, 0.15) is 11.3 Å². The standard InChI is InChI=1S/C26H26F3N5O/c1-16-4-9-21(17(2)10-16)15-34-14-18(3)23(33-34)11-19-5-7-20(8-6-19)12-30-25(35)24-22(13-31-32-24)26(27,28)29/h4-10,13-14H,11-12,15H2,1-3H3,(H,30,35)(H,31,32). The number of halogens is 3. The van der Waals surface area contributed by atoms with E-state index >= 15 is 0 Å². The third kappa shape index (κ3) is 5.79. The number of hydrogen-bond donors (Lipinski definition) is 2. The Morgan fingerprint density at radius 1 is 1.03 bits per heavy atom. The molecule has 0 radical (unpaired) electrons. The van der Waals surface area contributed by atoms with E-state index in [0.717, 1.165) is 22.4 Å². The van der Waals surface area contributed by atoms with Crippen molar-refractivity contribution in [2.24, 2.45) is 0 Å². The fourth-order valence-corrected chi connectivity index (χ4v) is 3.93. The number of aryl methyl sites for hydroxylation is 3. The molecule has 0 spiro atoms. The molecule has 2 aromatic heterocycles. The number of nitrogens with one attached hydrogen (secondary N) is 2. The first-order valence-electron chi connectivity index (χ1n) is 11.2. The van der Waals surface area contributed by atoms with Gasteiger partial charge >= 0.3 is 6.18 Å². The molecule has 0 aliphatic rings. The molecule has 2 aromatic carbocycles. The van der Waals surface area contributed by atoms with Gasteiger partial charge in [0.25, 0.3) is 5.91 Å². The molecule has 0 aliphatic heterocycles. The van der Waals surface area contributed by atoms with Crippen LogP contribution in [0.2, 0.25) is 0 Å². The summed E-state index contributed by atoms with van der Waals surface area (Å²) >= 11 is 0. The second kappa shape index (κ2) is 9.77. The van der Waals surface area contributed by atoms with Crippen LogP contribution in [0.1, 0.15) is 55.1 Å². The van der Waals surface area contributed by atoms with E-state index in [1.165, 1.54) is 16.7 Å². The van der Waals surface area contributed by atoms with Gasteiger partial charge in [-0.15, -0.1) is 0 Å². The Bertz CT molecular complexity index is 1340. The lowest BCUT2D eigenvalue weighted by molar-refractivity contribution is -0.137. The van der Waals surface area contributed by atoms with Gasteiger partial charge in [-0.2, -0.15) is 23.4 Å². The molecule has 4 rings (SSSR count). The molecule has 9 heteroatoms. The smallest absolute Gasteiger partial charge is 0.347 e. The van der Waals surface area contributed by atoms with E-state index in [-0.39, 0.29) is 6.54 Å². The lowest BCUT2D eigenvalue weighted by Gasteiger charge is -2.09. The molecule has 0 aliphatic carbocycles. The summed E-state index contributed by atoms with van der Waals surface area (Å²) in [6.07, 6.45) is -1.34. The quantitative estimate of drug-likeness (QED) is 0.385. The zero-order chi connectivity index (χ0) is 25.2. The number of carbonyl (C=O) groups excluding carboxylic acids is 1. The van der Waals surface area contributed by atoms with Crippen molar-refractivity contribution in [1.82, 2.24) is 25.3 Å². The Hall–Kier alpha value is -3.88. The van der Waals surface area contributed by atoms with Crippen molar-refractivity contribution in [3.8, 4) is 0 Å². The largest absolute Gasteiger partial charge is 0.420 e. The van der Waals surface area contributed by atoms with E-state index < -0.39 is 23.3 Å². The van der Waals surface area contributed by atoms with Crippen molar-refractivity contribution in [3.63, 3.8) is 0 Å². The van der Waals surface area contributed by atoms with Crippen LogP contribution in [0.25, 0.3) is 0 Å². The first-order valence-corrected chi connectivity index (χ1v) is 11.2. The van der Waals surface area contributed by atoms with Gasteiger partial charge in [-0.25, -0.2) is 0 Å². The molecular formula is C26H26F3N5O. The van der Waals surface area contributed by atoms with Crippen molar-refractivity contribution in [2.75, 3.05) is 0 Å². The monoisotopic (exact) mass is 481 g/mol. The van der Waals surface area contributed by atoms with Crippen LogP contribution in [-0.2, 0) is 25.7 Å². The maximum absolute atomic E-state index is 13.0. The first-order chi connectivity index (χ1) is 16.6. The summed E-state index contributed by atoms with van der Waals surface area (Å²) in [7, 11) is 0. The Labute approximate surface area is 201 Å². The highest BCUT2D eigenvalue weighted by Gasteiger charge is 2.37. The average Bonchev–Trinajstić information content (AvgIpc) is 3.42. The second-order valence-electron chi connectivity index (χ2n) is 8.72. The molecule has 2 heterocycles. The molecule has 0 fully saturated rings. The minimum Gasteiger partial charge on any atom is -0.347 e. The van der Waals surface area contributed by atoms with Gasteiger partial charge in [-0.3, -0.25) is 14.6 Å². The number of rotatable bonds is 7. The SMILES string of the molecule is Cc1ccc(Cn2cc(C)c(Cc3ccc(CNC(=O)c4[nH]ncc4C(F)(F)F)cc3)n2)c(C)c1. The minimum absolute atomic E-state index is 0.0962. The van der Waals surface area contributed by atoms with Gasteiger partial charge < -0.3 is 5.32 Å². The number of nitrogens with zero attached hydrogens (tertiary/aromatic N) is 3. The molecule has 35 heavy (non-hydrogen) atoms. The Morgan fingerprint density at radius 3 is 2.43 bits per heavy atom. The molecule has 6 nitrogen and oxygen atoms in total. The fourth-order valence-electron chi connectivity index (χ4n) is 3.93. The predicted octanol–water partition coefficient (Wildman–Crippen LogP) is 5.12. The number of carbonyl (C=O) groups is 1. The molecule has 1 amide bonds. The summed E-state index contributed by atoms with van der Waals surface area (Å²) in [6, 6.07) is 14.0. The molecule has 2 N–H and O–H groups in total. The molecule has 4 aromatic rings. The number of benzene rings is 2. The number of alkyl halides is 3. The fraction of sp³-hybridized carbons (Fsp3) is 0.269. The third-order valence-electron chi connectivity index (χ3n) is 5.90. The predicted molar refractivity (Wildman–Crippen MR) is 126 cm³/mol. The maximum atomic E-state index is 13.0. The van der Waals surface area contributed by atoms with E-state index in [0.29, 0.717) is 19.2 Å².